The number of rotatable bonds is 1. The third-order valence-electron chi connectivity index (χ3n) is 3.51. The summed E-state index contributed by atoms with van der Waals surface area (Å²) in [5.74, 6) is -0.656. The highest BCUT2D eigenvalue weighted by atomic mass is 79.9. The molecule has 1 atom stereocenters. The Bertz CT molecular complexity index is 842. The number of fused-ring (bicyclic) bond motifs is 1. The summed E-state index contributed by atoms with van der Waals surface area (Å²) >= 11 is 3.32. The number of benzene rings is 2. The van der Waals surface area contributed by atoms with E-state index < -0.39 is 11.7 Å². The summed E-state index contributed by atoms with van der Waals surface area (Å²) in [6.45, 7) is 0. The fourth-order valence-corrected chi connectivity index (χ4v) is 2.91. The van der Waals surface area contributed by atoms with Crippen molar-refractivity contribution in [3.63, 3.8) is 0 Å². The van der Waals surface area contributed by atoms with Gasteiger partial charge in [-0.2, -0.15) is 5.26 Å². The second-order valence-electron chi connectivity index (χ2n) is 4.89. The third-order valence-corrected chi connectivity index (χ3v) is 4.01. The van der Waals surface area contributed by atoms with Crippen molar-refractivity contribution in [3.05, 3.63) is 69.3 Å². The summed E-state index contributed by atoms with van der Waals surface area (Å²) in [7, 11) is 0. The van der Waals surface area contributed by atoms with Gasteiger partial charge in [0.05, 0.1) is 5.92 Å². The monoisotopic (exact) mass is 359 g/mol. The van der Waals surface area contributed by atoms with E-state index in [1.165, 1.54) is 6.07 Å². The summed E-state index contributed by atoms with van der Waals surface area (Å²) in [4.78, 5) is 0. The standard InChI is InChI=1S/C16H11BrFN3O/c17-8-1-4-13(18)11(5-8)15-10-3-2-9(20)6-14(10)22-16(21)12(15)7-19/h1-6,15H,20-21H2/t15-/m1/s1. The zero-order valence-corrected chi connectivity index (χ0v) is 12.9. The fourth-order valence-electron chi connectivity index (χ4n) is 2.53. The summed E-state index contributed by atoms with van der Waals surface area (Å²) in [5.41, 5.74) is 13.3. The van der Waals surface area contributed by atoms with Gasteiger partial charge in [0.2, 0.25) is 5.88 Å². The Labute approximate surface area is 134 Å². The van der Waals surface area contributed by atoms with Gasteiger partial charge >= 0.3 is 0 Å². The van der Waals surface area contributed by atoms with Crippen LogP contribution in [0, 0.1) is 17.1 Å². The van der Waals surface area contributed by atoms with Gasteiger partial charge in [-0.25, -0.2) is 4.39 Å². The molecule has 6 heteroatoms. The summed E-state index contributed by atoms with van der Waals surface area (Å²) in [6.07, 6.45) is 0. The van der Waals surface area contributed by atoms with E-state index in [1.807, 2.05) is 6.07 Å². The van der Waals surface area contributed by atoms with Crippen LogP contribution in [0.4, 0.5) is 10.1 Å². The number of nitriles is 1. The van der Waals surface area contributed by atoms with E-state index in [2.05, 4.69) is 15.9 Å². The molecule has 110 valence electrons. The van der Waals surface area contributed by atoms with E-state index >= 15 is 0 Å². The van der Waals surface area contributed by atoms with Crippen LogP contribution in [0.25, 0.3) is 0 Å². The van der Waals surface area contributed by atoms with Crippen LogP contribution in [0.3, 0.4) is 0 Å². The molecule has 2 aromatic carbocycles. The van der Waals surface area contributed by atoms with Crippen LogP contribution in [0.15, 0.2) is 52.3 Å². The molecule has 4 nitrogen and oxygen atoms in total. The van der Waals surface area contributed by atoms with Gasteiger partial charge in [0, 0.05) is 27.4 Å². The molecule has 0 bridgehead atoms. The molecule has 0 fully saturated rings. The van der Waals surface area contributed by atoms with Crippen molar-refractivity contribution in [2.45, 2.75) is 5.92 Å². The molecule has 0 unspecified atom stereocenters. The lowest BCUT2D eigenvalue weighted by Crippen LogP contribution is -2.21. The van der Waals surface area contributed by atoms with Crippen LogP contribution >= 0.6 is 15.9 Å². The van der Waals surface area contributed by atoms with Crippen molar-refractivity contribution < 1.29 is 9.13 Å². The maximum atomic E-state index is 14.3. The number of hydrogen-bond donors (Lipinski definition) is 2. The number of anilines is 1. The first kappa shape index (κ1) is 14.4. The summed E-state index contributed by atoms with van der Waals surface area (Å²) < 4.78 is 20.5. The lowest BCUT2D eigenvalue weighted by atomic mass is 9.83. The van der Waals surface area contributed by atoms with Crippen LogP contribution < -0.4 is 16.2 Å². The minimum Gasteiger partial charge on any atom is -0.440 e. The lowest BCUT2D eigenvalue weighted by molar-refractivity contribution is 0.392. The topological polar surface area (TPSA) is 85.1 Å². The Balaban J connectivity index is 2.28. The highest BCUT2D eigenvalue weighted by Gasteiger charge is 2.32. The van der Waals surface area contributed by atoms with Gasteiger partial charge in [0.1, 0.15) is 23.2 Å². The van der Waals surface area contributed by atoms with Crippen LogP contribution in [0.5, 0.6) is 5.75 Å². The fraction of sp³-hybridized carbons (Fsp3) is 0.0625. The molecular formula is C16H11BrFN3O. The van der Waals surface area contributed by atoms with Crippen LogP contribution in [0.2, 0.25) is 0 Å². The van der Waals surface area contributed by atoms with E-state index in [-0.39, 0.29) is 11.5 Å². The van der Waals surface area contributed by atoms with Crippen molar-refractivity contribution in [2.24, 2.45) is 5.73 Å². The Hall–Kier alpha value is -2.52. The predicted molar refractivity (Wildman–Crippen MR) is 84.3 cm³/mol. The van der Waals surface area contributed by atoms with E-state index in [9.17, 15) is 9.65 Å². The van der Waals surface area contributed by atoms with Crippen molar-refractivity contribution in [1.29, 1.82) is 5.26 Å². The predicted octanol–water partition coefficient (Wildman–Crippen LogP) is 3.39. The van der Waals surface area contributed by atoms with Gasteiger partial charge in [-0.15, -0.1) is 0 Å². The molecule has 3 rings (SSSR count). The number of nitrogens with zero attached hydrogens (tertiary/aromatic N) is 1. The molecule has 0 aliphatic carbocycles. The molecule has 1 aliphatic rings. The molecule has 0 amide bonds. The van der Waals surface area contributed by atoms with Gasteiger partial charge in [-0.3, -0.25) is 0 Å². The molecule has 4 N–H and O–H groups in total. The molecule has 22 heavy (non-hydrogen) atoms. The largest absolute Gasteiger partial charge is 0.440 e. The van der Waals surface area contributed by atoms with Gasteiger partial charge in [-0.1, -0.05) is 22.0 Å². The normalized spacial score (nSPS) is 16.7. The van der Waals surface area contributed by atoms with E-state index in [0.717, 1.165) is 0 Å². The molecule has 0 spiro atoms. The summed E-state index contributed by atoms with van der Waals surface area (Å²) in [5, 5.41) is 9.41. The third kappa shape index (κ3) is 2.30. The Morgan fingerprint density at radius 3 is 2.64 bits per heavy atom. The molecule has 0 aromatic heterocycles. The smallest absolute Gasteiger partial charge is 0.205 e. The van der Waals surface area contributed by atoms with Gasteiger partial charge in [0.25, 0.3) is 0 Å². The van der Waals surface area contributed by atoms with E-state index in [4.69, 9.17) is 16.2 Å². The number of nitrogen functional groups attached to an aromatic ring is 1. The Kier molecular flexibility index (Phi) is 3.51. The lowest BCUT2D eigenvalue weighted by Gasteiger charge is -2.27. The van der Waals surface area contributed by atoms with Crippen LogP contribution in [0.1, 0.15) is 17.0 Å². The van der Waals surface area contributed by atoms with Crippen LogP contribution in [-0.4, -0.2) is 0 Å². The van der Waals surface area contributed by atoms with E-state index in [0.29, 0.717) is 27.0 Å². The molecular weight excluding hydrogens is 349 g/mol. The molecule has 1 aliphatic heterocycles. The second kappa shape index (κ2) is 5.35. The Morgan fingerprint density at radius 1 is 1.14 bits per heavy atom. The zero-order valence-electron chi connectivity index (χ0n) is 11.3. The number of allylic oxidation sites excluding steroid dienone is 1. The number of nitrogens with two attached hydrogens (primary N) is 2. The SMILES string of the molecule is N#CC1=C(N)Oc2cc(N)ccc2[C@@H]1c1cc(Br)ccc1F. The highest BCUT2D eigenvalue weighted by molar-refractivity contribution is 9.10. The maximum absolute atomic E-state index is 14.3. The average Bonchev–Trinajstić information content (AvgIpc) is 2.48. The molecule has 1 heterocycles. The quantitative estimate of drug-likeness (QED) is 0.764. The first-order valence-electron chi connectivity index (χ1n) is 6.43. The second-order valence-corrected chi connectivity index (χ2v) is 5.80. The van der Waals surface area contributed by atoms with Crippen LogP contribution in [-0.2, 0) is 0 Å². The molecule has 0 saturated heterocycles. The Morgan fingerprint density at radius 2 is 1.91 bits per heavy atom. The zero-order chi connectivity index (χ0) is 15.9. The van der Waals surface area contributed by atoms with Gasteiger partial charge in [-0.05, 0) is 24.3 Å². The first-order valence-corrected chi connectivity index (χ1v) is 7.22. The molecule has 2 aromatic rings. The van der Waals surface area contributed by atoms with Crippen molar-refractivity contribution in [1.82, 2.24) is 0 Å². The number of hydrogen-bond acceptors (Lipinski definition) is 4. The number of ether oxygens (including phenoxy) is 1. The maximum Gasteiger partial charge on any atom is 0.205 e. The average molecular weight is 360 g/mol. The van der Waals surface area contributed by atoms with Crippen molar-refractivity contribution in [3.8, 4) is 11.8 Å². The summed E-state index contributed by atoms with van der Waals surface area (Å²) in [6, 6.07) is 11.6. The first-order chi connectivity index (χ1) is 10.5. The molecule has 0 saturated carbocycles. The highest BCUT2D eigenvalue weighted by Crippen LogP contribution is 2.43. The number of halogens is 2. The minimum absolute atomic E-state index is 0.0371. The van der Waals surface area contributed by atoms with Crippen molar-refractivity contribution >= 4 is 21.6 Å². The van der Waals surface area contributed by atoms with Gasteiger partial charge in [0.15, 0.2) is 0 Å². The molecule has 0 radical (unpaired) electrons. The van der Waals surface area contributed by atoms with Gasteiger partial charge < -0.3 is 16.2 Å². The minimum atomic E-state index is -0.633. The van der Waals surface area contributed by atoms with Crippen molar-refractivity contribution in [2.75, 3.05) is 5.73 Å². The van der Waals surface area contributed by atoms with E-state index in [1.54, 1.807) is 30.3 Å².